The standard InChI is InChI=1S/C14H22F2N4O3/c1-9-18-11(23-19-9)7-22-10-5-20(6-10)12(21)17-8-14(15,16)13(2,3)4/h10H,5-8H2,1-4H3,(H,17,21). The van der Waals surface area contributed by atoms with Gasteiger partial charge in [0.2, 0.25) is 0 Å². The molecule has 2 amide bonds. The highest BCUT2D eigenvalue weighted by Gasteiger charge is 2.43. The Kier molecular flexibility index (Phi) is 4.88. The lowest BCUT2D eigenvalue weighted by molar-refractivity contribution is -0.0935. The predicted molar refractivity (Wildman–Crippen MR) is 77.0 cm³/mol. The van der Waals surface area contributed by atoms with Crippen LogP contribution >= 0.6 is 0 Å². The first-order valence-corrected chi connectivity index (χ1v) is 7.40. The molecule has 0 spiro atoms. The molecule has 1 aliphatic rings. The minimum absolute atomic E-state index is 0.156. The smallest absolute Gasteiger partial charge is 0.317 e. The molecule has 0 saturated carbocycles. The molecule has 1 saturated heterocycles. The molecular weight excluding hydrogens is 310 g/mol. The van der Waals surface area contributed by atoms with Crippen LogP contribution in [0.5, 0.6) is 0 Å². The van der Waals surface area contributed by atoms with Crippen LogP contribution in [0, 0.1) is 12.3 Å². The van der Waals surface area contributed by atoms with Gasteiger partial charge in [0.05, 0.1) is 25.7 Å². The van der Waals surface area contributed by atoms with Crippen LogP contribution < -0.4 is 5.32 Å². The highest BCUT2D eigenvalue weighted by Crippen LogP contribution is 2.34. The number of halogens is 2. The van der Waals surface area contributed by atoms with Gasteiger partial charge in [-0.05, 0) is 6.92 Å². The van der Waals surface area contributed by atoms with Crippen molar-refractivity contribution in [3.05, 3.63) is 11.7 Å². The number of hydrogen-bond donors (Lipinski definition) is 1. The molecule has 1 aromatic rings. The fraction of sp³-hybridized carbons (Fsp3) is 0.786. The lowest BCUT2D eigenvalue weighted by Crippen LogP contribution is -2.59. The number of urea groups is 1. The maximum absolute atomic E-state index is 13.8. The highest BCUT2D eigenvalue weighted by atomic mass is 19.3. The maximum Gasteiger partial charge on any atom is 0.317 e. The lowest BCUT2D eigenvalue weighted by atomic mass is 9.88. The summed E-state index contributed by atoms with van der Waals surface area (Å²) < 4.78 is 38.0. The highest BCUT2D eigenvalue weighted by molar-refractivity contribution is 5.75. The third-order valence-electron chi connectivity index (χ3n) is 3.71. The van der Waals surface area contributed by atoms with E-state index in [-0.39, 0.29) is 12.7 Å². The normalized spacial score (nSPS) is 16.3. The van der Waals surface area contributed by atoms with Crippen LogP contribution in [0.2, 0.25) is 0 Å². The Morgan fingerprint density at radius 3 is 2.61 bits per heavy atom. The van der Waals surface area contributed by atoms with Crippen LogP contribution in [0.25, 0.3) is 0 Å². The number of amides is 2. The molecule has 7 nitrogen and oxygen atoms in total. The molecule has 0 aliphatic carbocycles. The van der Waals surface area contributed by atoms with Gasteiger partial charge >= 0.3 is 6.03 Å². The second-order valence-corrected chi connectivity index (χ2v) is 6.69. The molecule has 0 aromatic carbocycles. The summed E-state index contributed by atoms with van der Waals surface area (Å²) in [5, 5.41) is 5.91. The molecule has 1 aromatic heterocycles. The van der Waals surface area contributed by atoms with Gasteiger partial charge in [0.25, 0.3) is 11.8 Å². The van der Waals surface area contributed by atoms with E-state index in [4.69, 9.17) is 9.26 Å². The number of carbonyl (C=O) groups excluding carboxylic acids is 1. The molecular formula is C14H22F2N4O3. The number of aromatic nitrogens is 2. The summed E-state index contributed by atoms with van der Waals surface area (Å²) in [6.07, 6.45) is -0.156. The van der Waals surface area contributed by atoms with Crippen LogP contribution in [0.15, 0.2) is 4.52 Å². The van der Waals surface area contributed by atoms with E-state index in [1.807, 2.05) is 0 Å². The molecule has 2 heterocycles. The predicted octanol–water partition coefficient (Wildman–Crippen LogP) is 1.97. The van der Waals surface area contributed by atoms with Gasteiger partial charge in [-0.25, -0.2) is 13.6 Å². The van der Waals surface area contributed by atoms with E-state index in [0.29, 0.717) is 24.8 Å². The number of nitrogens with one attached hydrogen (secondary N) is 1. The monoisotopic (exact) mass is 332 g/mol. The van der Waals surface area contributed by atoms with E-state index in [9.17, 15) is 13.6 Å². The van der Waals surface area contributed by atoms with Crippen molar-refractivity contribution < 1.29 is 22.8 Å². The molecule has 0 unspecified atom stereocenters. The molecule has 0 atom stereocenters. The van der Waals surface area contributed by atoms with Crippen molar-refractivity contribution in [3.63, 3.8) is 0 Å². The van der Waals surface area contributed by atoms with E-state index in [2.05, 4.69) is 15.5 Å². The number of likely N-dealkylation sites (tertiary alicyclic amines) is 1. The van der Waals surface area contributed by atoms with Gasteiger partial charge in [0.1, 0.15) is 6.61 Å². The Morgan fingerprint density at radius 1 is 1.43 bits per heavy atom. The van der Waals surface area contributed by atoms with Gasteiger partial charge in [-0.3, -0.25) is 0 Å². The van der Waals surface area contributed by atoms with Crippen molar-refractivity contribution >= 4 is 6.03 Å². The van der Waals surface area contributed by atoms with Crippen LogP contribution in [0.1, 0.15) is 32.5 Å². The average molecular weight is 332 g/mol. The summed E-state index contributed by atoms with van der Waals surface area (Å²) in [6, 6.07) is -0.512. The number of hydrogen-bond acceptors (Lipinski definition) is 5. The zero-order valence-corrected chi connectivity index (χ0v) is 13.7. The van der Waals surface area contributed by atoms with Gasteiger partial charge in [-0.2, -0.15) is 4.98 Å². The molecule has 23 heavy (non-hydrogen) atoms. The number of nitrogens with zero attached hydrogens (tertiary/aromatic N) is 3. The van der Waals surface area contributed by atoms with Crippen molar-refractivity contribution in [2.45, 2.75) is 46.3 Å². The number of ether oxygens (including phenoxy) is 1. The van der Waals surface area contributed by atoms with Crippen LogP contribution in [-0.4, -0.2) is 52.7 Å². The first kappa shape index (κ1) is 17.6. The molecule has 130 valence electrons. The fourth-order valence-corrected chi connectivity index (χ4v) is 1.86. The molecule has 2 rings (SSSR count). The zero-order valence-electron chi connectivity index (χ0n) is 13.7. The van der Waals surface area contributed by atoms with Crippen LogP contribution in [0.4, 0.5) is 13.6 Å². The molecule has 1 fully saturated rings. The van der Waals surface area contributed by atoms with Crippen LogP contribution in [0.3, 0.4) is 0 Å². The Bertz CT molecular complexity index is 550. The summed E-state index contributed by atoms with van der Waals surface area (Å²) in [5.74, 6) is -2.08. The molecule has 1 N–H and O–H groups in total. The van der Waals surface area contributed by atoms with E-state index in [1.54, 1.807) is 6.92 Å². The quantitative estimate of drug-likeness (QED) is 0.892. The average Bonchev–Trinajstić information content (AvgIpc) is 2.79. The van der Waals surface area contributed by atoms with E-state index in [0.717, 1.165) is 0 Å². The van der Waals surface area contributed by atoms with Crippen LogP contribution in [-0.2, 0) is 11.3 Å². The number of carbonyl (C=O) groups is 1. The zero-order chi connectivity index (χ0) is 17.3. The molecule has 0 radical (unpaired) electrons. The first-order chi connectivity index (χ1) is 10.6. The van der Waals surface area contributed by atoms with E-state index in [1.165, 1.54) is 25.7 Å². The van der Waals surface area contributed by atoms with Gasteiger partial charge < -0.3 is 19.5 Å². The third-order valence-corrected chi connectivity index (χ3v) is 3.71. The second-order valence-electron chi connectivity index (χ2n) is 6.69. The number of alkyl halides is 2. The van der Waals surface area contributed by atoms with Crippen molar-refractivity contribution in [1.29, 1.82) is 0 Å². The largest absolute Gasteiger partial charge is 0.365 e. The molecule has 0 bridgehead atoms. The minimum atomic E-state index is -2.97. The van der Waals surface area contributed by atoms with Crippen molar-refractivity contribution in [2.24, 2.45) is 5.41 Å². The second kappa shape index (κ2) is 6.38. The summed E-state index contributed by atoms with van der Waals surface area (Å²) >= 11 is 0. The Hall–Kier alpha value is -1.77. The summed E-state index contributed by atoms with van der Waals surface area (Å²) in [4.78, 5) is 17.2. The van der Waals surface area contributed by atoms with E-state index >= 15 is 0 Å². The van der Waals surface area contributed by atoms with Gasteiger partial charge in [0.15, 0.2) is 5.82 Å². The van der Waals surface area contributed by atoms with Crippen molar-refractivity contribution in [1.82, 2.24) is 20.4 Å². The number of aryl methyl sites for hydroxylation is 1. The Balaban J connectivity index is 1.67. The fourth-order valence-electron chi connectivity index (χ4n) is 1.86. The summed E-state index contributed by atoms with van der Waals surface area (Å²) in [7, 11) is 0. The number of rotatable bonds is 5. The molecule has 1 aliphatic heterocycles. The van der Waals surface area contributed by atoms with Crippen molar-refractivity contribution in [2.75, 3.05) is 19.6 Å². The summed E-state index contributed by atoms with van der Waals surface area (Å²) in [6.45, 7) is 6.20. The minimum Gasteiger partial charge on any atom is -0.365 e. The van der Waals surface area contributed by atoms with Gasteiger partial charge in [-0.1, -0.05) is 25.9 Å². The molecule has 9 heteroatoms. The SMILES string of the molecule is Cc1noc(COC2CN(C(=O)NCC(F)(F)C(C)(C)C)C2)n1. The van der Waals surface area contributed by atoms with E-state index < -0.39 is 23.9 Å². The van der Waals surface area contributed by atoms with Crippen molar-refractivity contribution in [3.8, 4) is 0 Å². The Labute approximate surface area is 133 Å². The first-order valence-electron chi connectivity index (χ1n) is 7.40. The Morgan fingerprint density at radius 2 is 2.09 bits per heavy atom. The lowest BCUT2D eigenvalue weighted by Gasteiger charge is -2.39. The van der Waals surface area contributed by atoms with Gasteiger partial charge in [0, 0.05) is 5.41 Å². The summed E-state index contributed by atoms with van der Waals surface area (Å²) in [5.41, 5.74) is -1.21. The topological polar surface area (TPSA) is 80.5 Å². The van der Waals surface area contributed by atoms with Gasteiger partial charge in [-0.15, -0.1) is 0 Å². The maximum atomic E-state index is 13.8. The third kappa shape index (κ3) is 4.37.